The second kappa shape index (κ2) is 5.54. The lowest BCUT2D eigenvalue weighted by molar-refractivity contribution is 0.0927. The van der Waals surface area contributed by atoms with E-state index in [1.807, 2.05) is 38.1 Å². The zero-order valence-electron chi connectivity index (χ0n) is 9.71. The normalized spacial score (nSPS) is 12.2. The number of carbonyl (C=O) groups is 1. The third-order valence-electron chi connectivity index (χ3n) is 2.61. The molecule has 15 heavy (non-hydrogen) atoms. The first-order valence-corrected chi connectivity index (χ1v) is 5.57. The van der Waals surface area contributed by atoms with E-state index in [0.29, 0.717) is 0 Å². The molecule has 1 atom stereocenters. The van der Waals surface area contributed by atoms with E-state index in [1.165, 1.54) is 0 Å². The van der Waals surface area contributed by atoms with Crippen LogP contribution in [0.2, 0.25) is 0 Å². The molecule has 0 amide bonds. The standard InChI is InChI=1S/C13H19NO/c1-4-10(3)13(15)11-6-8-12(9-7-11)14-5-2/h6-10,14H,4-5H2,1-3H3. The van der Waals surface area contributed by atoms with Crippen molar-refractivity contribution in [3.8, 4) is 0 Å². The van der Waals surface area contributed by atoms with Crippen molar-refractivity contribution in [2.45, 2.75) is 27.2 Å². The Labute approximate surface area is 91.7 Å². The number of benzene rings is 1. The third-order valence-corrected chi connectivity index (χ3v) is 2.61. The molecule has 0 heterocycles. The quantitative estimate of drug-likeness (QED) is 0.747. The molecule has 0 aromatic heterocycles. The number of anilines is 1. The lowest BCUT2D eigenvalue weighted by Gasteiger charge is -2.08. The molecule has 1 rings (SSSR count). The summed E-state index contributed by atoms with van der Waals surface area (Å²) in [5.74, 6) is 0.357. The van der Waals surface area contributed by atoms with E-state index in [4.69, 9.17) is 0 Å². The first-order chi connectivity index (χ1) is 7.19. The predicted octanol–water partition coefficient (Wildman–Crippen LogP) is 3.35. The number of rotatable bonds is 5. The highest BCUT2D eigenvalue weighted by atomic mass is 16.1. The summed E-state index contributed by atoms with van der Waals surface area (Å²) in [7, 11) is 0. The van der Waals surface area contributed by atoms with Gasteiger partial charge in [0.1, 0.15) is 0 Å². The van der Waals surface area contributed by atoms with Gasteiger partial charge in [-0.1, -0.05) is 13.8 Å². The van der Waals surface area contributed by atoms with E-state index in [1.54, 1.807) is 0 Å². The topological polar surface area (TPSA) is 29.1 Å². The Morgan fingerprint density at radius 2 is 1.87 bits per heavy atom. The highest BCUT2D eigenvalue weighted by Gasteiger charge is 2.12. The van der Waals surface area contributed by atoms with Crippen molar-refractivity contribution in [2.75, 3.05) is 11.9 Å². The molecule has 0 aliphatic carbocycles. The maximum absolute atomic E-state index is 11.8. The van der Waals surface area contributed by atoms with Crippen LogP contribution in [0.3, 0.4) is 0 Å². The molecule has 0 saturated carbocycles. The molecule has 0 saturated heterocycles. The zero-order valence-corrected chi connectivity index (χ0v) is 9.71. The first-order valence-electron chi connectivity index (χ1n) is 5.57. The SMILES string of the molecule is CCNc1ccc(C(=O)C(C)CC)cc1. The number of hydrogen-bond acceptors (Lipinski definition) is 2. The maximum Gasteiger partial charge on any atom is 0.165 e. The van der Waals surface area contributed by atoms with Gasteiger partial charge < -0.3 is 5.32 Å². The van der Waals surface area contributed by atoms with E-state index in [-0.39, 0.29) is 11.7 Å². The Morgan fingerprint density at radius 1 is 1.27 bits per heavy atom. The van der Waals surface area contributed by atoms with Crippen LogP contribution in [-0.4, -0.2) is 12.3 Å². The van der Waals surface area contributed by atoms with Gasteiger partial charge in [0.15, 0.2) is 5.78 Å². The number of nitrogens with one attached hydrogen (secondary N) is 1. The van der Waals surface area contributed by atoms with Crippen LogP contribution >= 0.6 is 0 Å². The van der Waals surface area contributed by atoms with Crippen LogP contribution in [0.5, 0.6) is 0 Å². The Hall–Kier alpha value is -1.31. The summed E-state index contributed by atoms with van der Waals surface area (Å²) in [6.45, 7) is 6.97. The van der Waals surface area contributed by atoms with E-state index in [2.05, 4.69) is 12.2 Å². The molecular weight excluding hydrogens is 186 g/mol. The van der Waals surface area contributed by atoms with Crippen LogP contribution in [0.4, 0.5) is 5.69 Å². The van der Waals surface area contributed by atoms with E-state index in [0.717, 1.165) is 24.2 Å². The van der Waals surface area contributed by atoms with E-state index < -0.39 is 0 Å². The monoisotopic (exact) mass is 205 g/mol. The largest absolute Gasteiger partial charge is 0.385 e. The molecule has 82 valence electrons. The van der Waals surface area contributed by atoms with Gasteiger partial charge in [-0.05, 0) is 37.6 Å². The number of carbonyl (C=O) groups excluding carboxylic acids is 1. The van der Waals surface area contributed by atoms with Crippen molar-refractivity contribution in [2.24, 2.45) is 5.92 Å². The fourth-order valence-corrected chi connectivity index (χ4v) is 1.43. The molecule has 2 nitrogen and oxygen atoms in total. The van der Waals surface area contributed by atoms with Gasteiger partial charge >= 0.3 is 0 Å². The van der Waals surface area contributed by atoms with Gasteiger partial charge in [-0.2, -0.15) is 0 Å². The fourth-order valence-electron chi connectivity index (χ4n) is 1.43. The van der Waals surface area contributed by atoms with Gasteiger partial charge in [0.05, 0.1) is 0 Å². The second-order valence-electron chi connectivity index (χ2n) is 3.78. The summed E-state index contributed by atoms with van der Waals surface area (Å²) in [4.78, 5) is 11.8. The van der Waals surface area contributed by atoms with Crippen molar-refractivity contribution >= 4 is 11.5 Å². The summed E-state index contributed by atoms with van der Waals surface area (Å²) in [5, 5.41) is 3.21. The first kappa shape index (κ1) is 11.8. The predicted molar refractivity (Wildman–Crippen MR) is 64.4 cm³/mol. The van der Waals surface area contributed by atoms with Gasteiger partial charge in [-0.3, -0.25) is 4.79 Å². The van der Waals surface area contributed by atoms with Crippen LogP contribution in [-0.2, 0) is 0 Å². The molecule has 0 radical (unpaired) electrons. The van der Waals surface area contributed by atoms with E-state index >= 15 is 0 Å². The summed E-state index contributed by atoms with van der Waals surface area (Å²) in [6, 6.07) is 7.71. The molecule has 0 spiro atoms. The summed E-state index contributed by atoms with van der Waals surface area (Å²) in [5.41, 5.74) is 1.88. The van der Waals surface area contributed by atoms with Gasteiger partial charge in [0, 0.05) is 23.7 Å². The number of hydrogen-bond donors (Lipinski definition) is 1. The molecule has 1 aromatic carbocycles. The lowest BCUT2D eigenvalue weighted by atomic mass is 9.97. The molecule has 2 heteroatoms. The zero-order chi connectivity index (χ0) is 11.3. The lowest BCUT2D eigenvalue weighted by Crippen LogP contribution is -2.10. The van der Waals surface area contributed by atoms with Crippen molar-refractivity contribution < 1.29 is 4.79 Å². The summed E-state index contributed by atoms with van der Waals surface area (Å²) in [6.07, 6.45) is 0.897. The molecule has 0 aliphatic heterocycles. The highest BCUT2D eigenvalue weighted by molar-refractivity contribution is 5.97. The molecule has 0 fully saturated rings. The molecule has 1 unspecified atom stereocenters. The second-order valence-corrected chi connectivity index (χ2v) is 3.78. The molecular formula is C13H19NO. The van der Waals surface area contributed by atoms with Crippen LogP contribution in [0.25, 0.3) is 0 Å². The van der Waals surface area contributed by atoms with Gasteiger partial charge in [-0.25, -0.2) is 0 Å². The Kier molecular flexibility index (Phi) is 4.35. The van der Waals surface area contributed by atoms with Crippen LogP contribution in [0.15, 0.2) is 24.3 Å². The van der Waals surface area contributed by atoms with Gasteiger partial charge in [0.2, 0.25) is 0 Å². The minimum atomic E-state index is 0.120. The molecule has 0 aliphatic rings. The Bertz CT molecular complexity index is 316. The smallest absolute Gasteiger partial charge is 0.165 e. The average molecular weight is 205 g/mol. The minimum absolute atomic E-state index is 0.120. The van der Waals surface area contributed by atoms with Gasteiger partial charge in [0.25, 0.3) is 0 Å². The average Bonchev–Trinajstić information content (AvgIpc) is 2.28. The molecule has 1 aromatic rings. The summed E-state index contributed by atoms with van der Waals surface area (Å²) < 4.78 is 0. The van der Waals surface area contributed by atoms with E-state index in [9.17, 15) is 4.79 Å². The molecule has 0 bridgehead atoms. The fraction of sp³-hybridized carbons (Fsp3) is 0.462. The van der Waals surface area contributed by atoms with Crippen molar-refractivity contribution in [3.05, 3.63) is 29.8 Å². The number of Topliss-reactive ketones (excluding diaryl/α,β-unsaturated/α-hetero) is 1. The minimum Gasteiger partial charge on any atom is -0.385 e. The third kappa shape index (κ3) is 3.08. The Balaban J connectivity index is 2.75. The Morgan fingerprint density at radius 3 is 2.33 bits per heavy atom. The summed E-state index contributed by atoms with van der Waals surface area (Å²) >= 11 is 0. The van der Waals surface area contributed by atoms with Gasteiger partial charge in [-0.15, -0.1) is 0 Å². The molecule has 1 N–H and O–H groups in total. The van der Waals surface area contributed by atoms with Crippen LogP contribution in [0.1, 0.15) is 37.6 Å². The van der Waals surface area contributed by atoms with Crippen molar-refractivity contribution in [1.29, 1.82) is 0 Å². The number of ketones is 1. The van der Waals surface area contributed by atoms with Crippen molar-refractivity contribution in [3.63, 3.8) is 0 Å². The maximum atomic E-state index is 11.8. The van der Waals surface area contributed by atoms with Crippen LogP contribution < -0.4 is 5.32 Å². The van der Waals surface area contributed by atoms with Crippen molar-refractivity contribution in [1.82, 2.24) is 0 Å². The van der Waals surface area contributed by atoms with Crippen LogP contribution in [0, 0.1) is 5.92 Å². The highest BCUT2D eigenvalue weighted by Crippen LogP contribution is 2.14.